The molecule has 0 fully saturated rings. The second kappa shape index (κ2) is 6.63. The van der Waals surface area contributed by atoms with Crippen LogP contribution in [0.3, 0.4) is 0 Å². The summed E-state index contributed by atoms with van der Waals surface area (Å²) < 4.78 is 10.7. The highest BCUT2D eigenvalue weighted by Crippen LogP contribution is 2.25. The Balaban J connectivity index is 1.65. The minimum atomic E-state index is -0.498. The summed E-state index contributed by atoms with van der Waals surface area (Å²) in [5.74, 6) is 0.526. The Morgan fingerprint density at radius 2 is 1.70 bits per heavy atom. The first-order chi connectivity index (χ1) is 11.3. The number of hydrogen-bond acceptors (Lipinski definition) is 4. The van der Waals surface area contributed by atoms with Gasteiger partial charge in [0.1, 0.15) is 11.5 Å². The summed E-state index contributed by atoms with van der Waals surface area (Å²) >= 11 is 0. The van der Waals surface area contributed by atoms with Crippen LogP contribution in [0.2, 0.25) is 0 Å². The summed E-state index contributed by atoms with van der Waals surface area (Å²) in [5.41, 5.74) is 0.511. The van der Waals surface area contributed by atoms with Crippen molar-refractivity contribution in [1.82, 2.24) is 0 Å². The highest BCUT2D eigenvalue weighted by atomic mass is 16.6. The molecule has 3 rings (SSSR count). The van der Waals surface area contributed by atoms with Gasteiger partial charge in [-0.3, -0.25) is 0 Å². The predicted octanol–water partition coefficient (Wildman–Crippen LogP) is 3.70. The van der Waals surface area contributed by atoms with Crippen molar-refractivity contribution in [3.63, 3.8) is 0 Å². The van der Waals surface area contributed by atoms with E-state index in [1.54, 1.807) is 24.3 Å². The molecule has 0 amide bonds. The Morgan fingerprint density at radius 1 is 0.957 bits per heavy atom. The minimum absolute atomic E-state index is 0.186. The van der Waals surface area contributed by atoms with E-state index < -0.39 is 5.97 Å². The lowest BCUT2D eigenvalue weighted by Gasteiger charge is -2.09. The molecule has 4 heteroatoms. The van der Waals surface area contributed by atoms with E-state index in [-0.39, 0.29) is 6.61 Å². The van der Waals surface area contributed by atoms with Crippen molar-refractivity contribution in [1.29, 1.82) is 5.26 Å². The van der Waals surface area contributed by atoms with E-state index in [2.05, 4.69) is 0 Å². The van der Waals surface area contributed by atoms with Gasteiger partial charge >= 0.3 is 5.97 Å². The quantitative estimate of drug-likeness (QED) is 0.545. The van der Waals surface area contributed by atoms with Gasteiger partial charge < -0.3 is 9.47 Å². The maximum absolute atomic E-state index is 11.9. The maximum atomic E-state index is 11.9. The molecule has 0 N–H and O–H groups in total. The summed E-state index contributed by atoms with van der Waals surface area (Å²) in [6.45, 7) is -0.186. The standard InChI is InChI=1S/C19H13NO3/c20-12-14-8-10-16(11-9-14)23-19(21)13-22-18-7-3-5-15-4-1-2-6-17(15)18/h1-11H,13H2. The molecule has 23 heavy (non-hydrogen) atoms. The molecular weight excluding hydrogens is 290 g/mol. The van der Waals surface area contributed by atoms with Crippen LogP contribution in [0, 0.1) is 11.3 Å². The first-order valence-corrected chi connectivity index (χ1v) is 7.08. The fraction of sp³-hybridized carbons (Fsp3) is 0.0526. The SMILES string of the molecule is N#Cc1ccc(OC(=O)COc2cccc3ccccc23)cc1. The summed E-state index contributed by atoms with van der Waals surface area (Å²) in [6, 6.07) is 21.8. The zero-order valence-electron chi connectivity index (χ0n) is 12.2. The lowest BCUT2D eigenvalue weighted by Crippen LogP contribution is -2.17. The van der Waals surface area contributed by atoms with Gasteiger partial charge in [0.15, 0.2) is 6.61 Å². The lowest BCUT2D eigenvalue weighted by atomic mass is 10.1. The highest BCUT2D eigenvalue weighted by Gasteiger charge is 2.08. The molecule has 0 aliphatic rings. The van der Waals surface area contributed by atoms with Crippen molar-refractivity contribution in [2.75, 3.05) is 6.61 Å². The Hall–Kier alpha value is -3.32. The van der Waals surface area contributed by atoms with Crippen molar-refractivity contribution < 1.29 is 14.3 Å². The summed E-state index contributed by atoms with van der Waals surface area (Å²) in [6.07, 6.45) is 0. The Morgan fingerprint density at radius 3 is 2.48 bits per heavy atom. The van der Waals surface area contributed by atoms with E-state index in [1.165, 1.54) is 0 Å². The van der Waals surface area contributed by atoms with Crippen LogP contribution in [0.15, 0.2) is 66.7 Å². The predicted molar refractivity (Wildman–Crippen MR) is 86.2 cm³/mol. The van der Waals surface area contributed by atoms with E-state index in [1.807, 2.05) is 48.5 Å². The first-order valence-electron chi connectivity index (χ1n) is 7.08. The van der Waals surface area contributed by atoms with Crippen molar-refractivity contribution in [3.8, 4) is 17.6 Å². The molecule has 0 saturated carbocycles. The topological polar surface area (TPSA) is 59.3 Å². The van der Waals surface area contributed by atoms with Crippen molar-refractivity contribution in [3.05, 3.63) is 72.3 Å². The van der Waals surface area contributed by atoms with Crippen LogP contribution in [-0.2, 0) is 4.79 Å². The van der Waals surface area contributed by atoms with Crippen LogP contribution >= 0.6 is 0 Å². The second-order valence-electron chi connectivity index (χ2n) is 4.88. The minimum Gasteiger partial charge on any atom is -0.481 e. The Kier molecular flexibility index (Phi) is 4.21. The number of carbonyl (C=O) groups is 1. The van der Waals surface area contributed by atoms with Crippen LogP contribution in [0.5, 0.6) is 11.5 Å². The number of benzene rings is 3. The molecule has 112 valence electrons. The van der Waals surface area contributed by atoms with Gasteiger partial charge in [-0.25, -0.2) is 4.79 Å². The van der Waals surface area contributed by atoms with Crippen LogP contribution in [0.1, 0.15) is 5.56 Å². The molecule has 0 bridgehead atoms. The monoisotopic (exact) mass is 303 g/mol. The molecule has 3 aromatic carbocycles. The third kappa shape index (κ3) is 3.47. The number of carbonyl (C=O) groups excluding carboxylic acids is 1. The molecule has 0 aliphatic heterocycles. The zero-order chi connectivity index (χ0) is 16.1. The van der Waals surface area contributed by atoms with Gasteiger partial charge in [0.2, 0.25) is 0 Å². The van der Waals surface area contributed by atoms with E-state index in [0.717, 1.165) is 10.8 Å². The molecule has 0 atom stereocenters. The number of nitrogens with zero attached hydrogens (tertiary/aromatic N) is 1. The molecular formula is C19H13NO3. The lowest BCUT2D eigenvalue weighted by molar-refractivity contribution is -0.136. The molecule has 0 radical (unpaired) electrons. The van der Waals surface area contributed by atoms with Gasteiger partial charge in [0, 0.05) is 5.39 Å². The second-order valence-corrected chi connectivity index (χ2v) is 4.88. The van der Waals surface area contributed by atoms with Crippen LogP contribution in [-0.4, -0.2) is 12.6 Å². The zero-order valence-corrected chi connectivity index (χ0v) is 12.2. The van der Waals surface area contributed by atoms with Crippen molar-refractivity contribution >= 4 is 16.7 Å². The maximum Gasteiger partial charge on any atom is 0.349 e. The summed E-state index contributed by atoms with van der Waals surface area (Å²) in [4.78, 5) is 11.9. The number of hydrogen-bond donors (Lipinski definition) is 0. The molecule has 0 spiro atoms. The number of rotatable bonds is 4. The molecule has 0 aromatic heterocycles. The summed E-state index contributed by atoms with van der Waals surface area (Å²) in [7, 11) is 0. The first kappa shape index (κ1) is 14.6. The van der Waals surface area contributed by atoms with Gasteiger partial charge in [-0.2, -0.15) is 5.26 Å². The smallest absolute Gasteiger partial charge is 0.349 e. The van der Waals surface area contributed by atoms with E-state index in [0.29, 0.717) is 17.1 Å². The molecule has 0 heterocycles. The number of nitriles is 1. The van der Waals surface area contributed by atoms with Gasteiger partial charge in [0.05, 0.1) is 11.6 Å². The third-order valence-corrected chi connectivity index (χ3v) is 3.31. The Bertz CT molecular complexity index is 874. The van der Waals surface area contributed by atoms with E-state index >= 15 is 0 Å². The fourth-order valence-corrected chi connectivity index (χ4v) is 2.22. The van der Waals surface area contributed by atoms with E-state index in [4.69, 9.17) is 14.7 Å². The van der Waals surface area contributed by atoms with Gasteiger partial charge in [-0.15, -0.1) is 0 Å². The normalized spacial score (nSPS) is 10.0. The van der Waals surface area contributed by atoms with Crippen molar-refractivity contribution in [2.24, 2.45) is 0 Å². The third-order valence-electron chi connectivity index (χ3n) is 3.31. The van der Waals surface area contributed by atoms with Gasteiger partial charge in [0.25, 0.3) is 0 Å². The molecule has 3 aromatic rings. The molecule has 0 saturated heterocycles. The number of fused-ring (bicyclic) bond motifs is 1. The average molecular weight is 303 g/mol. The van der Waals surface area contributed by atoms with Crippen LogP contribution in [0.4, 0.5) is 0 Å². The van der Waals surface area contributed by atoms with Gasteiger partial charge in [-0.05, 0) is 35.7 Å². The van der Waals surface area contributed by atoms with E-state index in [9.17, 15) is 4.79 Å². The molecule has 4 nitrogen and oxygen atoms in total. The van der Waals surface area contributed by atoms with Crippen LogP contribution in [0.25, 0.3) is 10.8 Å². The molecule has 0 unspecified atom stereocenters. The van der Waals surface area contributed by atoms with Gasteiger partial charge in [-0.1, -0.05) is 36.4 Å². The average Bonchev–Trinajstić information content (AvgIpc) is 2.60. The largest absolute Gasteiger partial charge is 0.481 e. The summed E-state index contributed by atoms with van der Waals surface area (Å²) in [5, 5.41) is 10.7. The Labute approximate surface area is 133 Å². The fourth-order valence-electron chi connectivity index (χ4n) is 2.22. The van der Waals surface area contributed by atoms with Crippen LogP contribution < -0.4 is 9.47 Å². The molecule has 0 aliphatic carbocycles. The number of ether oxygens (including phenoxy) is 2. The number of esters is 1. The highest BCUT2D eigenvalue weighted by molar-refractivity contribution is 5.88. The van der Waals surface area contributed by atoms with Crippen molar-refractivity contribution in [2.45, 2.75) is 0 Å².